The lowest BCUT2D eigenvalue weighted by Crippen LogP contribution is -2.05. The predicted molar refractivity (Wildman–Crippen MR) is 102 cm³/mol. The number of nitrogens with one attached hydrogen (secondary N) is 1. The fourth-order valence-electron chi connectivity index (χ4n) is 2.33. The summed E-state index contributed by atoms with van der Waals surface area (Å²) in [6.45, 7) is 1.45. The molecule has 0 spiro atoms. The number of benzene rings is 2. The number of amides is 1. The molecule has 3 rings (SSSR count). The molecule has 0 saturated carbocycles. The lowest BCUT2D eigenvalue weighted by molar-refractivity contribution is -0.114. The smallest absolute Gasteiger partial charge is 0.221 e. The van der Waals surface area contributed by atoms with Gasteiger partial charge in [-0.1, -0.05) is 12.1 Å². The number of carbonyl (C=O) groups excluding carboxylic acids is 1. The van der Waals surface area contributed by atoms with Crippen LogP contribution in [0.25, 0.3) is 22.9 Å². The van der Waals surface area contributed by atoms with Gasteiger partial charge in [0.05, 0.1) is 11.3 Å². The van der Waals surface area contributed by atoms with Crippen LogP contribution in [0.4, 0.5) is 10.1 Å². The van der Waals surface area contributed by atoms with Crippen LogP contribution < -0.4 is 5.32 Å². The molecule has 0 aliphatic heterocycles. The van der Waals surface area contributed by atoms with Crippen molar-refractivity contribution in [2.24, 2.45) is 0 Å². The summed E-state index contributed by atoms with van der Waals surface area (Å²) in [5, 5.41) is 14.6. The topological polar surface area (TPSA) is 65.8 Å². The molecule has 0 saturated heterocycles. The number of hydrogen-bond donors (Lipinski definition) is 1. The second-order valence-corrected chi connectivity index (χ2v) is 6.38. The van der Waals surface area contributed by atoms with E-state index < -0.39 is 0 Å². The van der Waals surface area contributed by atoms with Crippen molar-refractivity contribution in [1.82, 2.24) is 4.98 Å². The zero-order chi connectivity index (χ0) is 18.5. The number of thiazole rings is 1. The lowest BCUT2D eigenvalue weighted by atomic mass is 10.1. The first kappa shape index (κ1) is 17.5. The van der Waals surface area contributed by atoms with E-state index in [0.29, 0.717) is 22.0 Å². The van der Waals surface area contributed by atoms with Gasteiger partial charge in [0.2, 0.25) is 5.91 Å². The molecule has 1 heterocycles. The highest BCUT2D eigenvalue weighted by Gasteiger charge is 2.09. The molecule has 1 amide bonds. The van der Waals surface area contributed by atoms with Crippen LogP contribution >= 0.6 is 11.3 Å². The van der Waals surface area contributed by atoms with E-state index in [1.165, 1.54) is 30.4 Å². The van der Waals surface area contributed by atoms with Crippen molar-refractivity contribution in [1.29, 1.82) is 5.26 Å². The molecular formula is C20H14FN3OS. The number of allylic oxidation sites excluding steroid dienone is 1. The van der Waals surface area contributed by atoms with Gasteiger partial charge in [-0.05, 0) is 48.0 Å². The molecule has 4 nitrogen and oxygen atoms in total. The summed E-state index contributed by atoms with van der Waals surface area (Å²) in [7, 11) is 0. The SMILES string of the molecule is CC(=O)Nc1ccc(/C=C(\C#N)c2nc(-c3ccc(F)cc3)cs2)cc1. The summed E-state index contributed by atoms with van der Waals surface area (Å²) in [6, 6.07) is 15.4. The predicted octanol–water partition coefficient (Wildman–Crippen LogP) is 4.97. The number of aromatic nitrogens is 1. The number of carbonyl (C=O) groups is 1. The van der Waals surface area contributed by atoms with Crippen molar-refractivity contribution < 1.29 is 9.18 Å². The van der Waals surface area contributed by atoms with Gasteiger partial charge in [0.25, 0.3) is 0 Å². The normalized spacial score (nSPS) is 11.0. The Labute approximate surface area is 154 Å². The monoisotopic (exact) mass is 363 g/mol. The first-order valence-electron chi connectivity index (χ1n) is 7.76. The van der Waals surface area contributed by atoms with Gasteiger partial charge >= 0.3 is 0 Å². The number of anilines is 1. The first-order chi connectivity index (χ1) is 12.5. The molecule has 1 N–H and O–H groups in total. The molecule has 2 aromatic carbocycles. The summed E-state index contributed by atoms with van der Waals surface area (Å²) in [5.74, 6) is -0.438. The van der Waals surface area contributed by atoms with E-state index in [0.717, 1.165) is 11.1 Å². The minimum Gasteiger partial charge on any atom is -0.326 e. The summed E-state index contributed by atoms with van der Waals surface area (Å²) < 4.78 is 13.0. The quantitative estimate of drug-likeness (QED) is 0.666. The number of halogens is 1. The number of rotatable bonds is 4. The van der Waals surface area contributed by atoms with Crippen molar-refractivity contribution in [2.45, 2.75) is 6.92 Å². The lowest BCUT2D eigenvalue weighted by Gasteiger charge is -2.02. The summed E-state index contributed by atoms with van der Waals surface area (Å²) in [4.78, 5) is 15.5. The van der Waals surface area contributed by atoms with Crippen LogP contribution in [0, 0.1) is 17.1 Å². The Morgan fingerprint density at radius 3 is 2.50 bits per heavy atom. The van der Waals surface area contributed by atoms with E-state index in [-0.39, 0.29) is 11.7 Å². The summed E-state index contributed by atoms with van der Waals surface area (Å²) in [6.07, 6.45) is 1.74. The van der Waals surface area contributed by atoms with Crippen molar-refractivity contribution in [3.63, 3.8) is 0 Å². The average molecular weight is 363 g/mol. The second-order valence-electron chi connectivity index (χ2n) is 5.52. The molecule has 0 aliphatic carbocycles. The molecule has 0 fully saturated rings. The van der Waals surface area contributed by atoms with E-state index in [1.807, 2.05) is 17.5 Å². The van der Waals surface area contributed by atoms with Gasteiger partial charge in [0, 0.05) is 23.6 Å². The molecule has 0 bridgehead atoms. The fourth-order valence-corrected chi connectivity index (χ4v) is 3.12. The number of hydrogen-bond acceptors (Lipinski definition) is 4. The van der Waals surface area contributed by atoms with E-state index >= 15 is 0 Å². The summed E-state index contributed by atoms with van der Waals surface area (Å²) in [5.41, 5.74) is 3.46. The van der Waals surface area contributed by atoms with Crippen LogP contribution in [0.3, 0.4) is 0 Å². The molecule has 0 atom stereocenters. The van der Waals surface area contributed by atoms with Gasteiger partial charge in [-0.25, -0.2) is 9.37 Å². The molecular weight excluding hydrogens is 349 g/mol. The van der Waals surface area contributed by atoms with Gasteiger partial charge in [-0.15, -0.1) is 11.3 Å². The van der Waals surface area contributed by atoms with Gasteiger partial charge in [0.15, 0.2) is 0 Å². The molecule has 0 unspecified atom stereocenters. The average Bonchev–Trinajstić information content (AvgIpc) is 3.11. The Morgan fingerprint density at radius 2 is 1.88 bits per heavy atom. The molecule has 1 aromatic heterocycles. The van der Waals surface area contributed by atoms with E-state index in [9.17, 15) is 14.4 Å². The molecule has 3 aromatic rings. The Kier molecular flexibility index (Phi) is 5.20. The third-order valence-electron chi connectivity index (χ3n) is 3.54. The van der Waals surface area contributed by atoms with Gasteiger partial charge < -0.3 is 5.32 Å². The maximum Gasteiger partial charge on any atom is 0.221 e. The number of nitriles is 1. The maximum absolute atomic E-state index is 13.0. The highest BCUT2D eigenvalue weighted by molar-refractivity contribution is 7.11. The minimum absolute atomic E-state index is 0.137. The molecule has 0 aliphatic rings. The molecule has 128 valence electrons. The molecule has 6 heteroatoms. The highest BCUT2D eigenvalue weighted by Crippen LogP contribution is 2.27. The van der Waals surface area contributed by atoms with Crippen molar-refractivity contribution in [3.05, 3.63) is 70.3 Å². The molecule has 0 radical (unpaired) electrons. The largest absolute Gasteiger partial charge is 0.326 e. The van der Waals surface area contributed by atoms with Crippen LogP contribution in [0.1, 0.15) is 17.5 Å². The fraction of sp³-hybridized carbons (Fsp3) is 0.0500. The van der Waals surface area contributed by atoms with Gasteiger partial charge in [-0.3, -0.25) is 4.79 Å². The highest BCUT2D eigenvalue weighted by atomic mass is 32.1. The van der Waals surface area contributed by atoms with E-state index in [2.05, 4.69) is 16.4 Å². The Morgan fingerprint density at radius 1 is 1.19 bits per heavy atom. The third-order valence-corrected chi connectivity index (χ3v) is 4.41. The summed E-state index contributed by atoms with van der Waals surface area (Å²) >= 11 is 1.36. The van der Waals surface area contributed by atoms with Crippen LogP contribution in [0.15, 0.2) is 53.9 Å². The van der Waals surface area contributed by atoms with E-state index in [4.69, 9.17) is 0 Å². The number of nitrogens with zero attached hydrogens (tertiary/aromatic N) is 2. The third kappa shape index (κ3) is 4.21. The molecule has 26 heavy (non-hydrogen) atoms. The zero-order valence-electron chi connectivity index (χ0n) is 13.9. The van der Waals surface area contributed by atoms with E-state index in [1.54, 1.807) is 30.3 Å². The minimum atomic E-state index is -0.301. The van der Waals surface area contributed by atoms with Crippen molar-refractivity contribution in [3.8, 4) is 17.3 Å². The van der Waals surface area contributed by atoms with Gasteiger partial charge in [0.1, 0.15) is 16.9 Å². The van der Waals surface area contributed by atoms with Crippen LogP contribution in [-0.4, -0.2) is 10.9 Å². The van der Waals surface area contributed by atoms with Crippen LogP contribution in [0.5, 0.6) is 0 Å². The first-order valence-corrected chi connectivity index (χ1v) is 8.64. The second kappa shape index (κ2) is 7.72. The Bertz CT molecular complexity index is 999. The zero-order valence-corrected chi connectivity index (χ0v) is 14.7. The Balaban J connectivity index is 1.85. The van der Waals surface area contributed by atoms with Crippen molar-refractivity contribution in [2.75, 3.05) is 5.32 Å². The standard InChI is InChI=1S/C20H14FN3OS/c1-13(25)23-18-8-2-14(3-9-18)10-16(11-22)20-24-19(12-26-20)15-4-6-17(21)7-5-15/h2-10,12H,1H3,(H,23,25)/b16-10+. The maximum atomic E-state index is 13.0. The van der Waals surface area contributed by atoms with Gasteiger partial charge in [-0.2, -0.15) is 5.26 Å². The van der Waals surface area contributed by atoms with Crippen LogP contribution in [0.2, 0.25) is 0 Å². The van der Waals surface area contributed by atoms with Crippen molar-refractivity contribution >= 4 is 34.6 Å². The van der Waals surface area contributed by atoms with Crippen LogP contribution in [-0.2, 0) is 4.79 Å². The Hall–Kier alpha value is -3.30.